The summed E-state index contributed by atoms with van der Waals surface area (Å²) in [7, 11) is 0. The number of hydrogen-bond donors (Lipinski definition) is 0. The average molecular weight is 144 g/mol. The first-order valence-electron chi connectivity index (χ1n) is 4.10. The van der Waals surface area contributed by atoms with E-state index in [4.69, 9.17) is 0 Å². The molecule has 1 unspecified atom stereocenters. The summed E-state index contributed by atoms with van der Waals surface area (Å²) in [6.45, 7) is 2.18. The molecule has 0 saturated carbocycles. The summed E-state index contributed by atoms with van der Waals surface area (Å²) in [5.74, 6) is 0.657. The fourth-order valence-electron chi connectivity index (χ4n) is 1.70. The third kappa shape index (κ3) is 1.09. The standard InChI is InChI=1S/C11H12/c1-9-5-4-7-10-6-2-3-8-11(9)10/h2-6,8,10H,7H2,1H3. The second-order valence-electron chi connectivity index (χ2n) is 3.13. The van der Waals surface area contributed by atoms with Gasteiger partial charge in [0.1, 0.15) is 0 Å². The summed E-state index contributed by atoms with van der Waals surface area (Å²) >= 11 is 0. The van der Waals surface area contributed by atoms with E-state index in [0.29, 0.717) is 5.92 Å². The van der Waals surface area contributed by atoms with Crippen molar-refractivity contribution in [1.29, 1.82) is 0 Å². The van der Waals surface area contributed by atoms with Gasteiger partial charge in [0.2, 0.25) is 0 Å². The van der Waals surface area contributed by atoms with Crippen molar-refractivity contribution in [2.45, 2.75) is 13.3 Å². The molecule has 2 aliphatic carbocycles. The Hall–Kier alpha value is -1.04. The fraction of sp³-hybridized carbons (Fsp3) is 0.273. The zero-order chi connectivity index (χ0) is 7.68. The zero-order valence-electron chi connectivity index (χ0n) is 6.75. The minimum atomic E-state index is 0.657. The lowest BCUT2D eigenvalue weighted by molar-refractivity contribution is 0.768. The van der Waals surface area contributed by atoms with E-state index in [1.165, 1.54) is 17.6 Å². The molecular formula is C11H12. The first-order valence-corrected chi connectivity index (χ1v) is 4.10. The molecule has 1 atom stereocenters. The molecule has 0 nitrogen and oxygen atoms in total. The third-order valence-corrected chi connectivity index (χ3v) is 2.34. The molecule has 56 valence electrons. The van der Waals surface area contributed by atoms with E-state index in [0.717, 1.165) is 0 Å². The Morgan fingerprint density at radius 1 is 1.27 bits per heavy atom. The van der Waals surface area contributed by atoms with Crippen LogP contribution in [0.15, 0.2) is 47.6 Å². The molecule has 2 aliphatic rings. The lowest BCUT2D eigenvalue weighted by Crippen LogP contribution is -2.05. The van der Waals surface area contributed by atoms with Crippen molar-refractivity contribution in [2.24, 2.45) is 5.92 Å². The molecule has 0 aromatic heterocycles. The molecule has 11 heavy (non-hydrogen) atoms. The van der Waals surface area contributed by atoms with Crippen LogP contribution in [0.2, 0.25) is 0 Å². The highest BCUT2D eigenvalue weighted by molar-refractivity contribution is 5.42. The molecule has 0 bridgehead atoms. The molecule has 0 heteroatoms. The molecule has 0 heterocycles. The van der Waals surface area contributed by atoms with Crippen LogP contribution in [0.25, 0.3) is 0 Å². The Kier molecular flexibility index (Phi) is 1.54. The molecular weight excluding hydrogens is 132 g/mol. The summed E-state index contributed by atoms with van der Waals surface area (Å²) in [5, 5.41) is 0. The highest BCUT2D eigenvalue weighted by Gasteiger charge is 2.13. The predicted molar refractivity (Wildman–Crippen MR) is 48.2 cm³/mol. The maximum absolute atomic E-state index is 2.28. The maximum Gasteiger partial charge on any atom is 0.00583 e. The molecule has 0 spiro atoms. The Morgan fingerprint density at radius 2 is 2.18 bits per heavy atom. The van der Waals surface area contributed by atoms with Crippen LogP contribution in [0.1, 0.15) is 13.3 Å². The van der Waals surface area contributed by atoms with Crippen molar-refractivity contribution in [3.63, 3.8) is 0 Å². The second-order valence-corrected chi connectivity index (χ2v) is 3.13. The van der Waals surface area contributed by atoms with Crippen molar-refractivity contribution in [3.05, 3.63) is 47.6 Å². The molecule has 0 aliphatic heterocycles. The lowest BCUT2D eigenvalue weighted by atomic mass is 9.85. The van der Waals surface area contributed by atoms with Crippen LogP contribution in [-0.4, -0.2) is 0 Å². The Bertz CT molecular complexity index is 274. The number of hydrogen-bond acceptors (Lipinski definition) is 0. The number of fused-ring (bicyclic) bond motifs is 1. The van der Waals surface area contributed by atoms with Crippen LogP contribution >= 0.6 is 0 Å². The highest BCUT2D eigenvalue weighted by atomic mass is 14.2. The van der Waals surface area contributed by atoms with Gasteiger partial charge in [-0.05, 0) is 24.5 Å². The average Bonchev–Trinajstić information content (AvgIpc) is 2.06. The maximum atomic E-state index is 2.28. The molecule has 0 saturated heterocycles. The van der Waals surface area contributed by atoms with Crippen LogP contribution in [0.5, 0.6) is 0 Å². The molecule has 0 radical (unpaired) electrons. The van der Waals surface area contributed by atoms with Crippen molar-refractivity contribution in [3.8, 4) is 0 Å². The lowest BCUT2D eigenvalue weighted by Gasteiger charge is -2.20. The predicted octanol–water partition coefficient (Wildman–Crippen LogP) is 3.01. The Labute approximate surface area is 67.6 Å². The molecule has 0 amide bonds. The zero-order valence-corrected chi connectivity index (χ0v) is 6.75. The monoisotopic (exact) mass is 144 g/mol. The Morgan fingerprint density at radius 3 is 3.00 bits per heavy atom. The Balaban J connectivity index is 2.43. The quantitative estimate of drug-likeness (QED) is 0.490. The third-order valence-electron chi connectivity index (χ3n) is 2.34. The summed E-state index contributed by atoms with van der Waals surface area (Å²) in [6, 6.07) is 0. The first kappa shape index (κ1) is 6.66. The van der Waals surface area contributed by atoms with E-state index < -0.39 is 0 Å². The van der Waals surface area contributed by atoms with Gasteiger partial charge in [-0.25, -0.2) is 0 Å². The number of rotatable bonds is 0. The minimum Gasteiger partial charge on any atom is -0.0833 e. The summed E-state index contributed by atoms with van der Waals surface area (Å²) in [4.78, 5) is 0. The topological polar surface area (TPSA) is 0 Å². The van der Waals surface area contributed by atoms with Crippen LogP contribution in [0, 0.1) is 5.92 Å². The first-order chi connectivity index (χ1) is 5.38. The normalized spacial score (nSPS) is 27.5. The highest BCUT2D eigenvalue weighted by Crippen LogP contribution is 2.29. The molecule has 0 aromatic rings. The second kappa shape index (κ2) is 2.54. The van der Waals surface area contributed by atoms with E-state index in [-0.39, 0.29) is 0 Å². The van der Waals surface area contributed by atoms with Gasteiger partial charge in [-0.15, -0.1) is 0 Å². The van der Waals surface area contributed by atoms with Gasteiger partial charge in [-0.2, -0.15) is 0 Å². The van der Waals surface area contributed by atoms with Gasteiger partial charge in [0, 0.05) is 5.92 Å². The van der Waals surface area contributed by atoms with Gasteiger partial charge >= 0.3 is 0 Å². The van der Waals surface area contributed by atoms with Crippen LogP contribution in [-0.2, 0) is 0 Å². The van der Waals surface area contributed by atoms with Crippen LogP contribution in [0.4, 0.5) is 0 Å². The SMILES string of the molecule is CC1=C2C=CC=CC2CC=C1. The molecule has 0 N–H and O–H groups in total. The van der Waals surface area contributed by atoms with Crippen molar-refractivity contribution < 1.29 is 0 Å². The molecule has 0 fully saturated rings. The van der Waals surface area contributed by atoms with Gasteiger partial charge in [-0.3, -0.25) is 0 Å². The van der Waals surface area contributed by atoms with Gasteiger partial charge < -0.3 is 0 Å². The van der Waals surface area contributed by atoms with Gasteiger partial charge in [0.05, 0.1) is 0 Å². The fourth-order valence-corrected chi connectivity index (χ4v) is 1.70. The van der Waals surface area contributed by atoms with Crippen molar-refractivity contribution in [2.75, 3.05) is 0 Å². The van der Waals surface area contributed by atoms with Crippen LogP contribution in [0.3, 0.4) is 0 Å². The van der Waals surface area contributed by atoms with Gasteiger partial charge in [0.15, 0.2) is 0 Å². The van der Waals surface area contributed by atoms with Gasteiger partial charge in [-0.1, -0.05) is 36.5 Å². The minimum absolute atomic E-state index is 0.657. The van der Waals surface area contributed by atoms with E-state index in [1.807, 2.05) is 0 Å². The van der Waals surface area contributed by atoms with E-state index in [1.54, 1.807) is 0 Å². The largest absolute Gasteiger partial charge is 0.0833 e. The van der Waals surface area contributed by atoms with Gasteiger partial charge in [0.25, 0.3) is 0 Å². The van der Waals surface area contributed by atoms with E-state index >= 15 is 0 Å². The molecule has 0 aromatic carbocycles. The summed E-state index contributed by atoms with van der Waals surface area (Å²) in [5.41, 5.74) is 2.91. The summed E-state index contributed by atoms with van der Waals surface area (Å²) < 4.78 is 0. The van der Waals surface area contributed by atoms with E-state index in [9.17, 15) is 0 Å². The number of allylic oxidation sites excluding steroid dienone is 8. The smallest absolute Gasteiger partial charge is 0.00583 e. The van der Waals surface area contributed by atoms with Crippen LogP contribution < -0.4 is 0 Å². The summed E-state index contributed by atoms with van der Waals surface area (Å²) in [6.07, 6.45) is 14.4. The van der Waals surface area contributed by atoms with Crippen molar-refractivity contribution >= 4 is 0 Å². The van der Waals surface area contributed by atoms with E-state index in [2.05, 4.69) is 43.4 Å². The molecule has 2 rings (SSSR count). The van der Waals surface area contributed by atoms with Crippen molar-refractivity contribution in [1.82, 2.24) is 0 Å².